The van der Waals surface area contributed by atoms with Gasteiger partial charge in [0.25, 0.3) is 0 Å². The van der Waals surface area contributed by atoms with E-state index in [-0.39, 0.29) is 0 Å². The Hall–Kier alpha value is -0.410. The maximum Gasteiger partial charge on any atom is 0.0794 e. The molecule has 1 saturated carbocycles. The number of hydrogen-bond donors (Lipinski definition) is 1. The molecular formula is C11H18N2S. The molecule has 0 radical (unpaired) electrons. The molecule has 1 aromatic heterocycles. The fourth-order valence-electron chi connectivity index (χ4n) is 2.40. The number of nitrogens with one attached hydrogen (secondary N) is 1. The maximum atomic E-state index is 4.45. The van der Waals surface area contributed by atoms with Crippen molar-refractivity contribution in [3.63, 3.8) is 0 Å². The summed E-state index contributed by atoms with van der Waals surface area (Å²) in [5.74, 6) is 0.662. The summed E-state index contributed by atoms with van der Waals surface area (Å²) in [6.45, 7) is 3.26. The second-order valence-corrected chi connectivity index (χ2v) is 4.69. The first kappa shape index (κ1) is 10.1. The molecule has 14 heavy (non-hydrogen) atoms. The lowest BCUT2D eigenvalue weighted by atomic mass is 9.83. The molecule has 1 aromatic rings. The zero-order valence-electron chi connectivity index (χ0n) is 8.70. The van der Waals surface area contributed by atoms with Gasteiger partial charge in [-0.05, 0) is 19.4 Å². The van der Waals surface area contributed by atoms with Gasteiger partial charge in [0.15, 0.2) is 0 Å². The highest BCUT2D eigenvalue weighted by atomic mass is 32.1. The minimum absolute atomic E-state index is 0.662. The Morgan fingerprint density at radius 3 is 3.07 bits per heavy atom. The van der Waals surface area contributed by atoms with Crippen LogP contribution in [0.2, 0.25) is 0 Å². The molecule has 2 nitrogen and oxygen atoms in total. The number of nitrogens with zero attached hydrogens (tertiary/aromatic N) is 1. The second kappa shape index (κ2) is 4.89. The molecule has 3 heteroatoms. The Morgan fingerprint density at radius 1 is 1.50 bits per heavy atom. The Labute approximate surface area is 89.8 Å². The van der Waals surface area contributed by atoms with Crippen molar-refractivity contribution in [2.45, 2.75) is 44.6 Å². The maximum absolute atomic E-state index is 4.45. The average molecular weight is 210 g/mol. The Morgan fingerprint density at radius 2 is 2.36 bits per heavy atom. The van der Waals surface area contributed by atoms with Crippen LogP contribution in [-0.4, -0.2) is 17.6 Å². The van der Waals surface area contributed by atoms with Crippen LogP contribution >= 0.6 is 11.3 Å². The molecule has 2 unspecified atom stereocenters. The van der Waals surface area contributed by atoms with Gasteiger partial charge >= 0.3 is 0 Å². The van der Waals surface area contributed by atoms with Crippen molar-refractivity contribution in [2.75, 3.05) is 6.54 Å². The molecule has 1 N–H and O–H groups in total. The SMILES string of the molecule is CCNC1CCCCC1c1cscn1. The first-order valence-corrected chi connectivity index (χ1v) is 6.47. The van der Waals surface area contributed by atoms with Crippen molar-refractivity contribution < 1.29 is 0 Å². The molecule has 78 valence electrons. The normalized spacial score (nSPS) is 27.8. The van der Waals surface area contributed by atoms with Crippen LogP contribution in [-0.2, 0) is 0 Å². The van der Waals surface area contributed by atoms with Gasteiger partial charge in [0.1, 0.15) is 0 Å². The predicted molar refractivity (Wildman–Crippen MR) is 60.8 cm³/mol. The fraction of sp³-hybridized carbons (Fsp3) is 0.727. The number of rotatable bonds is 3. The van der Waals surface area contributed by atoms with Gasteiger partial charge < -0.3 is 5.32 Å². The summed E-state index contributed by atoms with van der Waals surface area (Å²) in [5.41, 5.74) is 3.26. The van der Waals surface area contributed by atoms with Crippen molar-refractivity contribution in [1.82, 2.24) is 10.3 Å². The molecule has 1 fully saturated rings. The van der Waals surface area contributed by atoms with E-state index in [0.717, 1.165) is 6.54 Å². The van der Waals surface area contributed by atoms with E-state index in [1.165, 1.54) is 31.4 Å². The molecule has 0 aliphatic heterocycles. The van der Waals surface area contributed by atoms with Crippen molar-refractivity contribution in [3.8, 4) is 0 Å². The van der Waals surface area contributed by atoms with E-state index < -0.39 is 0 Å². The largest absolute Gasteiger partial charge is 0.314 e. The summed E-state index contributed by atoms with van der Waals surface area (Å²) >= 11 is 1.71. The molecule has 0 aromatic carbocycles. The van der Waals surface area contributed by atoms with Crippen LogP contribution in [0.1, 0.15) is 44.2 Å². The van der Waals surface area contributed by atoms with E-state index in [1.54, 1.807) is 11.3 Å². The number of aromatic nitrogens is 1. The first-order valence-electron chi connectivity index (χ1n) is 5.53. The third-order valence-electron chi connectivity index (χ3n) is 3.06. The zero-order chi connectivity index (χ0) is 9.80. The van der Waals surface area contributed by atoms with E-state index in [4.69, 9.17) is 0 Å². The molecule has 1 heterocycles. The summed E-state index contributed by atoms with van der Waals surface area (Å²) in [6, 6.07) is 0.663. The quantitative estimate of drug-likeness (QED) is 0.830. The van der Waals surface area contributed by atoms with Gasteiger partial charge in [0.2, 0.25) is 0 Å². The molecule has 2 rings (SSSR count). The molecule has 0 saturated heterocycles. The second-order valence-electron chi connectivity index (χ2n) is 3.97. The molecule has 1 aliphatic rings. The summed E-state index contributed by atoms with van der Waals surface area (Å²) in [5, 5.41) is 5.80. The third kappa shape index (κ3) is 2.15. The highest BCUT2D eigenvalue weighted by molar-refractivity contribution is 7.07. The topological polar surface area (TPSA) is 24.9 Å². The summed E-state index contributed by atoms with van der Waals surface area (Å²) in [6.07, 6.45) is 5.36. The van der Waals surface area contributed by atoms with Gasteiger partial charge in [0.05, 0.1) is 11.2 Å². The number of hydrogen-bond acceptors (Lipinski definition) is 3. The summed E-state index contributed by atoms with van der Waals surface area (Å²) in [7, 11) is 0. The van der Waals surface area contributed by atoms with Crippen molar-refractivity contribution in [2.24, 2.45) is 0 Å². The lowest BCUT2D eigenvalue weighted by Gasteiger charge is -2.31. The van der Waals surface area contributed by atoms with Gasteiger partial charge in [-0.2, -0.15) is 0 Å². The predicted octanol–water partition coefficient (Wildman–Crippen LogP) is 2.78. The van der Waals surface area contributed by atoms with Crippen molar-refractivity contribution in [1.29, 1.82) is 0 Å². The van der Waals surface area contributed by atoms with Crippen LogP contribution in [0, 0.1) is 0 Å². The summed E-state index contributed by atoms with van der Waals surface area (Å²) in [4.78, 5) is 4.45. The van der Waals surface area contributed by atoms with Crippen LogP contribution in [0.15, 0.2) is 10.9 Å². The average Bonchev–Trinajstić information content (AvgIpc) is 2.72. The van der Waals surface area contributed by atoms with Crippen LogP contribution < -0.4 is 5.32 Å². The monoisotopic (exact) mass is 210 g/mol. The van der Waals surface area contributed by atoms with E-state index in [2.05, 4.69) is 22.6 Å². The number of likely N-dealkylation sites (N-methyl/N-ethyl adjacent to an activating group) is 1. The van der Waals surface area contributed by atoms with Gasteiger partial charge in [-0.25, -0.2) is 4.98 Å². The highest BCUT2D eigenvalue weighted by Gasteiger charge is 2.26. The Kier molecular flexibility index (Phi) is 3.54. The fourth-order valence-corrected chi connectivity index (χ4v) is 3.01. The highest BCUT2D eigenvalue weighted by Crippen LogP contribution is 2.32. The smallest absolute Gasteiger partial charge is 0.0794 e. The van der Waals surface area contributed by atoms with E-state index in [0.29, 0.717) is 12.0 Å². The van der Waals surface area contributed by atoms with Gasteiger partial charge in [-0.15, -0.1) is 11.3 Å². The third-order valence-corrected chi connectivity index (χ3v) is 3.67. The Balaban J connectivity index is 2.06. The van der Waals surface area contributed by atoms with Crippen LogP contribution in [0.25, 0.3) is 0 Å². The van der Waals surface area contributed by atoms with Crippen LogP contribution in [0.3, 0.4) is 0 Å². The van der Waals surface area contributed by atoms with Crippen molar-refractivity contribution >= 4 is 11.3 Å². The van der Waals surface area contributed by atoms with Gasteiger partial charge in [-0.1, -0.05) is 19.8 Å². The standard InChI is InChI=1S/C11H18N2S/c1-2-12-10-6-4-3-5-9(10)11-7-14-8-13-11/h7-10,12H,2-6H2,1H3. The molecule has 0 bridgehead atoms. The zero-order valence-corrected chi connectivity index (χ0v) is 9.52. The van der Waals surface area contributed by atoms with Gasteiger partial charge in [-0.3, -0.25) is 0 Å². The minimum Gasteiger partial charge on any atom is -0.314 e. The van der Waals surface area contributed by atoms with Crippen LogP contribution in [0.5, 0.6) is 0 Å². The summed E-state index contributed by atoms with van der Waals surface area (Å²) < 4.78 is 0. The molecule has 2 atom stereocenters. The van der Waals surface area contributed by atoms with Gasteiger partial charge in [0, 0.05) is 17.3 Å². The molecule has 0 amide bonds. The molecule has 0 spiro atoms. The molecular weight excluding hydrogens is 192 g/mol. The van der Waals surface area contributed by atoms with E-state index in [1.807, 2.05) is 5.51 Å². The van der Waals surface area contributed by atoms with E-state index in [9.17, 15) is 0 Å². The molecule has 1 aliphatic carbocycles. The first-order chi connectivity index (χ1) is 6.92. The van der Waals surface area contributed by atoms with E-state index >= 15 is 0 Å². The van der Waals surface area contributed by atoms with Crippen LogP contribution in [0.4, 0.5) is 0 Å². The Bertz CT molecular complexity index is 256. The lowest BCUT2D eigenvalue weighted by Crippen LogP contribution is -2.37. The lowest BCUT2D eigenvalue weighted by molar-refractivity contribution is 0.329. The number of thiazole rings is 1. The van der Waals surface area contributed by atoms with Crippen molar-refractivity contribution in [3.05, 3.63) is 16.6 Å². The minimum atomic E-state index is 0.662.